The molecule has 5 heteroatoms. The Kier molecular flexibility index (Phi) is 6.07. The first-order valence-corrected chi connectivity index (χ1v) is 8.02. The first-order valence-electron chi connectivity index (χ1n) is 7.23. The van der Waals surface area contributed by atoms with Gasteiger partial charge in [-0.1, -0.05) is 30.7 Å². The van der Waals surface area contributed by atoms with Crippen LogP contribution in [0.15, 0.2) is 24.3 Å². The molecule has 0 aliphatic carbocycles. The van der Waals surface area contributed by atoms with E-state index in [-0.39, 0.29) is 0 Å². The van der Waals surface area contributed by atoms with Gasteiger partial charge in [-0.25, -0.2) is 0 Å². The maximum Gasteiger partial charge on any atom is 0.171 e. The summed E-state index contributed by atoms with van der Waals surface area (Å²) in [4.78, 5) is 2.52. The van der Waals surface area contributed by atoms with Crippen LogP contribution in [0.25, 0.3) is 0 Å². The van der Waals surface area contributed by atoms with Crippen molar-refractivity contribution in [2.24, 2.45) is 0 Å². The molecule has 0 atom stereocenters. The zero-order valence-electron chi connectivity index (χ0n) is 11.9. The molecular formula is C15H22ClN3S. The Hall–Kier alpha value is -0.840. The number of rotatable bonds is 4. The fraction of sp³-hybridized carbons (Fsp3) is 0.533. The number of para-hydroxylation sites is 1. The minimum Gasteiger partial charge on any atom is -0.360 e. The van der Waals surface area contributed by atoms with E-state index < -0.39 is 0 Å². The van der Waals surface area contributed by atoms with Crippen molar-refractivity contribution < 1.29 is 0 Å². The number of benzene rings is 1. The molecular weight excluding hydrogens is 290 g/mol. The molecule has 2 rings (SSSR count). The molecule has 110 valence electrons. The molecule has 0 bridgehead atoms. The first-order chi connectivity index (χ1) is 9.69. The second-order valence-electron chi connectivity index (χ2n) is 5.19. The molecule has 1 aromatic carbocycles. The van der Waals surface area contributed by atoms with Crippen LogP contribution in [0, 0.1) is 0 Å². The molecule has 1 aliphatic rings. The monoisotopic (exact) mass is 311 g/mol. The fourth-order valence-corrected chi connectivity index (χ4v) is 2.98. The van der Waals surface area contributed by atoms with Crippen molar-refractivity contribution in [1.29, 1.82) is 0 Å². The van der Waals surface area contributed by atoms with Crippen molar-refractivity contribution in [1.82, 2.24) is 10.2 Å². The van der Waals surface area contributed by atoms with Gasteiger partial charge in [-0.2, -0.15) is 0 Å². The number of piperidine rings is 1. The Labute approximate surface area is 131 Å². The molecule has 1 aliphatic heterocycles. The van der Waals surface area contributed by atoms with Crippen molar-refractivity contribution in [3.63, 3.8) is 0 Å². The Morgan fingerprint density at radius 3 is 2.70 bits per heavy atom. The maximum absolute atomic E-state index is 6.11. The summed E-state index contributed by atoms with van der Waals surface area (Å²) in [6.45, 7) is 5.74. The minimum absolute atomic E-state index is 0.464. The van der Waals surface area contributed by atoms with Crippen LogP contribution in [0.1, 0.15) is 26.2 Å². The molecule has 0 radical (unpaired) electrons. The van der Waals surface area contributed by atoms with Crippen LogP contribution in [-0.2, 0) is 0 Å². The van der Waals surface area contributed by atoms with Crippen LogP contribution < -0.4 is 10.6 Å². The topological polar surface area (TPSA) is 27.3 Å². The highest BCUT2D eigenvalue weighted by Gasteiger charge is 2.19. The molecule has 0 aromatic heterocycles. The highest BCUT2D eigenvalue weighted by molar-refractivity contribution is 7.80. The van der Waals surface area contributed by atoms with Crippen molar-refractivity contribution in [2.45, 2.75) is 32.2 Å². The van der Waals surface area contributed by atoms with Crippen LogP contribution in [0.4, 0.5) is 5.69 Å². The van der Waals surface area contributed by atoms with Crippen LogP contribution in [0.5, 0.6) is 0 Å². The van der Waals surface area contributed by atoms with Crippen LogP contribution >= 0.6 is 23.8 Å². The van der Waals surface area contributed by atoms with Gasteiger partial charge in [-0.15, -0.1) is 0 Å². The lowest BCUT2D eigenvalue weighted by Crippen LogP contribution is -2.46. The summed E-state index contributed by atoms with van der Waals surface area (Å²) in [5.41, 5.74) is 0.857. The zero-order valence-corrected chi connectivity index (χ0v) is 13.4. The SMILES string of the molecule is CCCN1CCC(NC(=S)Nc2ccccc2Cl)CC1. The molecule has 1 aromatic rings. The number of halogens is 1. The number of nitrogens with zero attached hydrogens (tertiary/aromatic N) is 1. The van der Waals surface area contributed by atoms with Crippen LogP contribution in [0.2, 0.25) is 5.02 Å². The van der Waals surface area contributed by atoms with E-state index in [1.165, 1.54) is 13.0 Å². The Bertz CT molecular complexity index is 444. The predicted octanol–water partition coefficient (Wildman–Crippen LogP) is 3.50. The number of anilines is 1. The van der Waals surface area contributed by atoms with Crippen LogP contribution in [0.3, 0.4) is 0 Å². The third-order valence-electron chi connectivity index (χ3n) is 3.58. The predicted molar refractivity (Wildman–Crippen MR) is 90.6 cm³/mol. The Balaban J connectivity index is 1.77. The van der Waals surface area contributed by atoms with Gasteiger partial charge in [0.25, 0.3) is 0 Å². The minimum atomic E-state index is 0.464. The second kappa shape index (κ2) is 7.81. The highest BCUT2D eigenvalue weighted by Crippen LogP contribution is 2.20. The molecule has 1 heterocycles. The molecule has 1 saturated heterocycles. The van der Waals surface area contributed by atoms with Gasteiger partial charge < -0.3 is 15.5 Å². The lowest BCUT2D eigenvalue weighted by molar-refractivity contribution is 0.207. The molecule has 3 nitrogen and oxygen atoms in total. The fourth-order valence-electron chi connectivity index (χ4n) is 2.52. The third kappa shape index (κ3) is 4.62. The zero-order chi connectivity index (χ0) is 14.4. The van der Waals surface area contributed by atoms with E-state index in [2.05, 4.69) is 22.5 Å². The Morgan fingerprint density at radius 2 is 2.05 bits per heavy atom. The molecule has 20 heavy (non-hydrogen) atoms. The van der Waals surface area contributed by atoms with E-state index in [4.69, 9.17) is 23.8 Å². The van der Waals surface area contributed by atoms with Gasteiger partial charge in [0.2, 0.25) is 0 Å². The maximum atomic E-state index is 6.11. The van der Waals surface area contributed by atoms with E-state index in [1.54, 1.807) is 0 Å². The number of nitrogens with one attached hydrogen (secondary N) is 2. The summed E-state index contributed by atoms with van der Waals surface area (Å²) in [5, 5.41) is 7.91. The van der Waals surface area contributed by atoms with E-state index in [1.807, 2.05) is 24.3 Å². The molecule has 0 amide bonds. The largest absolute Gasteiger partial charge is 0.360 e. The van der Waals surface area contributed by atoms with Gasteiger partial charge in [-0.3, -0.25) is 0 Å². The first kappa shape index (κ1) is 15.5. The number of likely N-dealkylation sites (tertiary alicyclic amines) is 1. The van der Waals surface area contributed by atoms with Gasteiger partial charge in [0.05, 0.1) is 10.7 Å². The van der Waals surface area contributed by atoms with E-state index in [9.17, 15) is 0 Å². The lowest BCUT2D eigenvalue weighted by Gasteiger charge is -2.32. The number of hydrogen-bond acceptors (Lipinski definition) is 2. The molecule has 0 unspecified atom stereocenters. The van der Waals surface area contributed by atoms with Crippen molar-refractivity contribution >= 4 is 34.6 Å². The third-order valence-corrected chi connectivity index (χ3v) is 4.13. The van der Waals surface area contributed by atoms with Crippen molar-refractivity contribution in [3.05, 3.63) is 29.3 Å². The smallest absolute Gasteiger partial charge is 0.171 e. The summed E-state index contributed by atoms with van der Waals surface area (Å²) in [5.74, 6) is 0. The summed E-state index contributed by atoms with van der Waals surface area (Å²) in [6.07, 6.45) is 3.51. The highest BCUT2D eigenvalue weighted by atomic mass is 35.5. The van der Waals surface area contributed by atoms with Gasteiger partial charge in [-0.05, 0) is 50.2 Å². The average Bonchev–Trinajstić information content (AvgIpc) is 2.44. The standard InChI is InChI=1S/C15H22ClN3S/c1-2-9-19-10-7-12(8-11-19)17-15(20)18-14-6-4-3-5-13(14)16/h3-6,12H,2,7-11H2,1H3,(H2,17,18,20). The van der Waals surface area contributed by atoms with Gasteiger partial charge in [0, 0.05) is 19.1 Å². The summed E-state index contributed by atoms with van der Waals surface area (Å²) in [7, 11) is 0. The summed E-state index contributed by atoms with van der Waals surface area (Å²) >= 11 is 11.5. The Morgan fingerprint density at radius 1 is 1.35 bits per heavy atom. The van der Waals surface area contributed by atoms with Crippen LogP contribution in [-0.4, -0.2) is 35.7 Å². The molecule has 1 fully saturated rings. The lowest BCUT2D eigenvalue weighted by atomic mass is 10.1. The quantitative estimate of drug-likeness (QED) is 0.832. The van der Waals surface area contributed by atoms with Crippen molar-refractivity contribution in [3.8, 4) is 0 Å². The van der Waals surface area contributed by atoms with E-state index in [0.29, 0.717) is 16.2 Å². The number of hydrogen-bond donors (Lipinski definition) is 2. The van der Waals surface area contributed by atoms with E-state index in [0.717, 1.165) is 31.6 Å². The molecule has 2 N–H and O–H groups in total. The number of thiocarbonyl (C=S) groups is 1. The second-order valence-corrected chi connectivity index (χ2v) is 6.01. The average molecular weight is 312 g/mol. The summed E-state index contributed by atoms with van der Waals surface area (Å²) in [6, 6.07) is 8.11. The van der Waals surface area contributed by atoms with Crippen molar-refractivity contribution in [2.75, 3.05) is 25.0 Å². The van der Waals surface area contributed by atoms with Gasteiger partial charge in [0.15, 0.2) is 5.11 Å². The van der Waals surface area contributed by atoms with Gasteiger partial charge >= 0.3 is 0 Å². The van der Waals surface area contributed by atoms with Gasteiger partial charge in [0.1, 0.15) is 0 Å². The molecule has 0 saturated carbocycles. The molecule has 0 spiro atoms. The normalized spacial score (nSPS) is 16.9. The van der Waals surface area contributed by atoms with E-state index >= 15 is 0 Å². The summed E-state index contributed by atoms with van der Waals surface area (Å²) < 4.78 is 0.